The zero-order valence-electron chi connectivity index (χ0n) is 11.5. The third-order valence-electron chi connectivity index (χ3n) is 3.66. The Morgan fingerprint density at radius 2 is 2.00 bits per heavy atom. The summed E-state index contributed by atoms with van der Waals surface area (Å²) in [5, 5.41) is 3.29. The van der Waals surface area contributed by atoms with Gasteiger partial charge in [-0.05, 0) is 37.6 Å². The van der Waals surface area contributed by atoms with Crippen molar-refractivity contribution < 1.29 is 4.74 Å². The smallest absolute Gasteiger partial charge is 0.0713 e. The number of likely N-dealkylation sites (N-methyl/N-ethyl adjacent to an activating group) is 1. The Hall–Kier alpha value is -0.900. The molecular weight excluding hydrogens is 224 g/mol. The molecule has 1 aliphatic rings. The Morgan fingerprint density at radius 3 is 2.67 bits per heavy atom. The lowest BCUT2D eigenvalue weighted by Crippen LogP contribution is -2.36. The molecule has 0 bridgehead atoms. The number of methoxy groups -OCH3 is 1. The second-order valence-electron chi connectivity index (χ2n) is 5.07. The molecular formula is C15H24N2O. The van der Waals surface area contributed by atoms with Gasteiger partial charge in [0.1, 0.15) is 0 Å². The lowest BCUT2D eigenvalue weighted by molar-refractivity contribution is 0.185. The van der Waals surface area contributed by atoms with E-state index in [0.717, 1.165) is 13.1 Å². The van der Waals surface area contributed by atoms with Crippen LogP contribution in [-0.2, 0) is 17.9 Å². The first-order chi connectivity index (χ1) is 8.83. The number of nitrogens with one attached hydrogen (secondary N) is 1. The first-order valence-electron chi connectivity index (χ1n) is 6.79. The molecule has 1 aromatic carbocycles. The van der Waals surface area contributed by atoms with E-state index in [0.29, 0.717) is 12.6 Å². The molecule has 3 heteroatoms. The fraction of sp³-hybridized carbons (Fsp3) is 0.600. The monoisotopic (exact) mass is 248 g/mol. The minimum Gasteiger partial charge on any atom is -0.380 e. The van der Waals surface area contributed by atoms with E-state index < -0.39 is 0 Å². The van der Waals surface area contributed by atoms with Crippen LogP contribution in [0.15, 0.2) is 24.3 Å². The van der Waals surface area contributed by atoms with Crippen molar-refractivity contribution in [3.63, 3.8) is 0 Å². The first kappa shape index (κ1) is 13.5. The zero-order chi connectivity index (χ0) is 12.8. The van der Waals surface area contributed by atoms with Crippen LogP contribution in [0, 0.1) is 0 Å². The second kappa shape index (κ2) is 6.88. The van der Waals surface area contributed by atoms with Crippen LogP contribution in [-0.4, -0.2) is 38.2 Å². The molecule has 3 nitrogen and oxygen atoms in total. The van der Waals surface area contributed by atoms with Crippen LogP contribution in [0.25, 0.3) is 0 Å². The van der Waals surface area contributed by atoms with Crippen molar-refractivity contribution in [2.75, 3.05) is 27.2 Å². The summed E-state index contributed by atoms with van der Waals surface area (Å²) in [5.74, 6) is 0. The van der Waals surface area contributed by atoms with Crippen molar-refractivity contribution in [1.82, 2.24) is 10.2 Å². The highest BCUT2D eigenvalue weighted by Crippen LogP contribution is 2.19. The summed E-state index contributed by atoms with van der Waals surface area (Å²) in [5.41, 5.74) is 2.65. The van der Waals surface area contributed by atoms with Crippen LogP contribution in [0.3, 0.4) is 0 Å². The number of benzene rings is 1. The molecule has 1 unspecified atom stereocenters. The summed E-state index contributed by atoms with van der Waals surface area (Å²) < 4.78 is 5.13. The van der Waals surface area contributed by atoms with Gasteiger partial charge >= 0.3 is 0 Å². The van der Waals surface area contributed by atoms with Crippen molar-refractivity contribution in [3.05, 3.63) is 35.4 Å². The molecule has 0 saturated carbocycles. The van der Waals surface area contributed by atoms with Crippen LogP contribution in [0.1, 0.15) is 24.0 Å². The Balaban J connectivity index is 1.92. The highest BCUT2D eigenvalue weighted by Gasteiger charge is 2.23. The first-order valence-corrected chi connectivity index (χ1v) is 6.79. The van der Waals surface area contributed by atoms with Crippen LogP contribution in [0.4, 0.5) is 0 Å². The number of nitrogens with zero attached hydrogens (tertiary/aromatic N) is 1. The summed E-state index contributed by atoms with van der Waals surface area (Å²) in [6, 6.07) is 9.49. The number of hydrogen-bond acceptors (Lipinski definition) is 3. The number of ether oxygens (including phenoxy) is 1. The number of likely N-dealkylation sites (tertiary alicyclic amines) is 1. The fourth-order valence-corrected chi connectivity index (χ4v) is 2.71. The van der Waals surface area contributed by atoms with Gasteiger partial charge in [-0.15, -0.1) is 0 Å². The van der Waals surface area contributed by atoms with Crippen molar-refractivity contribution in [3.8, 4) is 0 Å². The molecule has 100 valence electrons. The summed E-state index contributed by atoms with van der Waals surface area (Å²) >= 11 is 0. The van der Waals surface area contributed by atoms with Gasteiger partial charge in [0.05, 0.1) is 6.61 Å². The van der Waals surface area contributed by atoms with E-state index in [1.165, 1.54) is 30.5 Å². The summed E-state index contributed by atoms with van der Waals surface area (Å²) in [6.07, 6.45) is 2.65. The van der Waals surface area contributed by atoms with E-state index in [1.54, 1.807) is 7.11 Å². The largest absolute Gasteiger partial charge is 0.380 e. The maximum absolute atomic E-state index is 5.13. The van der Waals surface area contributed by atoms with E-state index in [2.05, 4.69) is 34.5 Å². The third-order valence-corrected chi connectivity index (χ3v) is 3.66. The van der Waals surface area contributed by atoms with Crippen LogP contribution >= 0.6 is 0 Å². The molecule has 1 aliphatic heterocycles. The lowest BCUT2D eigenvalue weighted by Gasteiger charge is -2.24. The van der Waals surface area contributed by atoms with Crippen molar-refractivity contribution >= 4 is 0 Å². The van der Waals surface area contributed by atoms with Gasteiger partial charge in [0.2, 0.25) is 0 Å². The quantitative estimate of drug-likeness (QED) is 0.833. The normalized spacial score (nSPS) is 20.4. The van der Waals surface area contributed by atoms with Gasteiger partial charge in [-0.2, -0.15) is 0 Å². The van der Waals surface area contributed by atoms with Gasteiger partial charge in [-0.1, -0.05) is 24.3 Å². The van der Waals surface area contributed by atoms with Gasteiger partial charge in [0.15, 0.2) is 0 Å². The maximum atomic E-state index is 5.13. The Morgan fingerprint density at radius 1 is 1.28 bits per heavy atom. The molecule has 0 aliphatic carbocycles. The average molecular weight is 248 g/mol. The fourth-order valence-electron chi connectivity index (χ4n) is 2.71. The minimum atomic E-state index is 0.701. The number of hydrogen-bond donors (Lipinski definition) is 1. The van der Waals surface area contributed by atoms with Crippen molar-refractivity contribution in [1.29, 1.82) is 0 Å². The second-order valence-corrected chi connectivity index (χ2v) is 5.07. The summed E-state index contributed by atoms with van der Waals surface area (Å²) in [7, 11) is 3.77. The molecule has 1 atom stereocenters. The van der Waals surface area contributed by atoms with E-state index in [4.69, 9.17) is 4.74 Å². The minimum absolute atomic E-state index is 0.701. The summed E-state index contributed by atoms with van der Waals surface area (Å²) in [6.45, 7) is 4.10. The predicted octanol–water partition coefficient (Wildman–Crippen LogP) is 2.02. The number of rotatable bonds is 6. The van der Waals surface area contributed by atoms with Gasteiger partial charge in [-0.25, -0.2) is 0 Å². The highest BCUT2D eigenvalue weighted by molar-refractivity contribution is 5.22. The Bertz CT molecular complexity index is 350. The van der Waals surface area contributed by atoms with Crippen LogP contribution < -0.4 is 5.32 Å². The van der Waals surface area contributed by atoms with E-state index in [1.807, 2.05) is 7.05 Å². The zero-order valence-corrected chi connectivity index (χ0v) is 11.5. The standard InChI is InChI=1S/C15H24N2O/c1-16-10-15-4-3-9-17(15)11-13-5-7-14(8-6-13)12-18-2/h5-8,15-16H,3-4,9-12H2,1-2H3. The highest BCUT2D eigenvalue weighted by atomic mass is 16.5. The predicted molar refractivity (Wildman–Crippen MR) is 74.5 cm³/mol. The molecule has 1 saturated heterocycles. The van der Waals surface area contributed by atoms with Gasteiger partial charge in [0, 0.05) is 26.2 Å². The van der Waals surface area contributed by atoms with E-state index >= 15 is 0 Å². The molecule has 0 radical (unpaired) electrons. The van der Waals surface area contributed by atoms with Crippen molar-refractivity contribution in [2.45, 2.75) is 32.0 Å². The van der Waals surface area contributed by atoms with Crippen LogP contribution in [0.5, 0.6) is 0 Å². The van der Waals surface area contributed by atoms with Crippen LogP contribution in [0.2, 0.25) is 0 Å². The third kappa shape index (κ3) is 3.55. The molecule has 18 heavy (non-hydrogen) atoms. The molecule has 1 heterocycles. The lowest BCUT2D eigenvalue weighted by atomic mass is 10.1. The van der Waals surface area contributed by atoms with E-state index in [9.17, 15) is 0 Å². The molecule has 0 amide bonds. The Labute approximate surface area is 110 Å². The van der Waals surface area contributed by atoms with Gasteiger partial charge in [0.25, 0.3) is 0 Å². The SMILES string of the molecule is CNCC1CCCN1Cc1ccc(COC)cc1. The molecule has 0 aromatic heterocycles. The van der Waals surface area contributed by atoms with E-state index in [-0.39, 0.29) is 0 Å². The molecule has 1 N–H and O–H groups in total. The summed E-state index contributed by atoms with van der Waals surface area (Å²) in [4.78, 5) is 2.59. The topological polar surface area (TPSA) is 24.5 Å². The molecule has 1 fully saturated rings. The molecule has 1 aromatic rings. The maximum Gasteiger partial charge on any atom is 0.0713 e. The Kier molecular flexibility index (Phi) is 5.17. The average Bonchev–Trinajstić information content (AvgIpc) is 2.80. The van der Waals surface area contributed by atoms with Crippen molar-refractivity contribution in [2.24, 2.45) is 0 Å². The van der Waals surface area contributed by atoms with Gasteiger partial charge in [-0.3, -0.25) is 4.90 Å². The molecule has 0 spiro atoms. The molecule has 2 rings (SSSR count). The van der Waals surface area contributed by atoms with Gasteiger partial charge < -0.3 is 10.1 Å².